The number of benzene rings is 2. The van der Waals surface area contributed by atoms with Crippen LogP contribution in [0.15, 0.2) is 47.4 Å². The number of hydrazine groups is 1. The maximum absolute atomic E-state index is 13.5. The minimum Gasteiger partial charge on any atom is -0.271 e. The van der Waals surface area contributed by atoms with Crippen molar-refractivity contribution in [2.75, 3.05) is 6.26 Å². The van der Waals surface area contributed by atoms with Gasteiger partial charge in [0.15, 0.2) is 0 Å². The molecule has 100 valence electrons. The van der Waals surface area contributed by atoms with Gasteiger partial charge in [-0.2, -0.15) is 0 Å². The number of hydrogen-bond acceptors (Lipinski definition) is 3. The van der Waals surface area contributed by atoms with Crippen LogP contribution < -0.4 is 11.3 Å². The number of rotatable bonds is 4. The van der Waals surface area contributed by atoms with E-state index >= 15 is 0 Å². The molecule has 2 aromatic carbocycles. The molecule has 0 fully saturated rings. The van der Waals surface area contributed by atoms with Crippen molar-refractivity contribution in [2.45, 2.75) is 17.9 Å². The highest BCUT2D eigenvalue weighted by atomic mass is 32.2. The Labute approximate surface area is 117 Å². The van der Waals surface area contributed by atoms with Crippen molar-refractivity contribution in [3.8, 4) is 0 Å². The van der Waals surface area contributed by atoms with Gasteiger partial charge in [0.25, 0.3) is 0 Å². The molecule has 0 bridgehead atoms. The van der Waals surface area contributed by atoms with Crippen LogP contribution in [0.1, 0.15) is 22.7 Å². The van der Waals surface area contributed by atoms with Crippen LogP contribution in [0.5, 0.6) is 0 Å². The summed E-state index contributed by atoms with van der Waals surface area (Å²) in [5, 5.41) is 0. The van der Waals surface area contributed by atoms with Gasteiger partial charge in [0.1, 0.15) is 5.82 Å². The van der Waals surface area contributed by atoms with Crippen LogP contribution in [0.3, 0.4) is 0 Å². The third-order valence-corrected chi connectivity index (χ3v) is 3.76. The van der Waals surface area contributed by atoms with Crippen molar-refractivity contribution in [1.29, 1.82) is 0 Å². The average molecular weight is 276 g/mol. The first kappa shape index (κ1) is 14.1. The van der Waals surface area contributed by atoms with E-state index in [1.807, 2.05) is 43.5 Å². The third kappa shape index (κ3) is 3.35. The van der Waals surface area contributed by atoms with Crippen LogP contribution in [0.4, 0.5) is 4.39 Å². The first-order valence-electron chi connectivity index (χ1n) is 6.01. The summed E-state index contributed by atoms with van der Waals surface area (Å²) in [4.78, 5) is 1.19. The fourth-order valence-corrected chi connectivity index (χ4v) is 2.52. The van der Waals surface area contributed by atoms with E-state index in [-0.39, 0.29) is 11.9 Å². The Morgan fingerprint density at radius 1 is 1.11 bits per heavy atom. The van der Waals surface area contributed by atoms with Gasteiger partial charge in [-0.3, -0.25) is 5.84 Å². The molecule has 19 heavy (non-hydrogen) atoms. The number of nitrogens with two attached hydrogens (primary N) is 1. The summed E-state index contributed by atoms with van der Waals surface area (Å²) in [5.41, 5.74) is 5.49. The smallest absolute Gasteiger partial charge is 0.123 e. The fourth-order valence-electron chi connectivity index (χ4n) is 2.11. The Balaban J connectivity index is 2.37. The predicted octanol–water partition coefficient (Wildman–Crippen LogP) is 3.41. The quantitative estimate of drug-likeness (QED) is 0.510. The van der Waals surface area contributed by atoms with Gasteiger partial charge in [0.05, 0.1) is 6.04 Å². The standard InChI is InChI=1S/C15H17FN2S/c1-10-7-12(9-13(16)8-10)15(18-17)11-3-5-14(19-2)6-4-11/h3-9,15,18H,17H2,1-2H3. The lowest BCUT2D eigenvalue weighted by atomic mass is 9.98. The third-order valence-electron chi connectivity index (χ3n) is 3.01. The van der Waals surface area contributed by atoms with Crippen LogP contribution in [0.25, 0.3) is 0 Å². The molecular weight excluding hydrogens is 259 g/mol. The molecule has 0 aliphatic rings. The summed E-state index contributed by atoms with van der Waals surface area (Å²) < 4.78 is 13.5. The number of thioether (sulfide) groups is 1. The molecule has 1 atom stereocenters. The molecule has 2 nitrogen and oxygen atoms in total. The Morgan fingerprint density at radius 3 is 2.32 bits per heavy atom. The van der Waals surface area contributed by atoms with Crippen molar-refractivity contribution in [1.82, 2.24) is 5.43 Å². The topological polar surface area (TPSA) is 38.0 Å². The first-order valence-corrected chi connectivity index (χ1v) is 7.23. The van der Waals surface area contributed by atoms with Gasteiger partial charge in [0.2, 0.25) is 0 Å². The lowest BCUT2D eigenvalue weighted by Gasteiger charge is -2.18. The largest absolute Gasteiger partial charge is 0.271 e. The molecule has 3 N–H and O–H groups in total. The van der Waals surface area contributed by atoms with Gasteiger partial charge < -0.3 is 0 Å². The molecule has 0 aliphatic carbocycles. The lowest BCUT2D eigenvalue weighted by Crippen LogP contribution is -2.29. The van der Waals surface area contributed by atoms with Gasteiger partial charge >= 0.3 is 0 Å². The van der Waals surface area contributed by atoms with Gasteiger partial charge in [0, 0.05) is 4.90 Å². The van der Waals surface area contributed by atoms with Crippen molar-refractivity contribution in [3.63, 3.8) is 0 Å². The van der Waals surface area contributed by atoms with E-state index in [9.17, 15) is 4.39 Å². The summed E-state index contributed by atoms with van der Waals surface area (Å²) in [5.74, 6) is 5.39. The molecule has 0 saturated heterocycles. The second kappa shape index (κ2) is 6.19. The maximum Gasteiger partial charge on any atom is 0.123 e. The normalized spacial score (nSPS) is 12.4. The molecular formula is C15H17FN2S. The van der Waals surface area contributed by atoms with Gasteiger partial charge in [-0.15, -0.1) is 11.8 Å². The summed E-state index contributed by atoms with van der Waals surface area (Å²) in [6, 6.07) is 12.9. The van der Waals surface area contributed by atoms with Crippen LogP contribution >= 0.6 is 11.8 Å². The second-order valence-electron chi connectivity index (χ2n) is 4.43. The minimum absolute atomic E-state index is 0.203. The van der Waals surface area contributed by atoms with Crippen LogP contribution in [0, 0.1) is 12.7 Å². The molecule has 0 spiro atoms. The van der Waals surface area contributed by atoms with E-state index in [4.69, 9.17) is 5.84 Å². The number of nitrogens with one attached hydrogen (secondary N) is 1. The van der Waals surface area contributed by atoms with E-state index < -0.39 is 0 Å². The molecule has 2 aromatic rings. The molecule has 0 aliphatic heterocycles. The van der Waals surface area contributed by atoms with E-state index in [0.29, 0.717) is 0 Å². The molecule has 0 heterocycles. The van der Waals surface area contributed by atoms with Crippen LogP contribution in [-0.4, -0.2) is 6.26 Å². The van der Waals surface area contributed by atoms with E-state index in [1.165, 1.54) is 17.0 Å². The number of halogens is 1. The summed E-state index contributed by atoms with van der Waals surface area (Å²) >= 11 is 1.69. The molecule has 0 aromatic heterocycles. The predicted molar refractivity (Wildman–Crippen MR) is 78.5 cm³/mol. The van der Waals surface area contributed by atoms with Crippen molar-refractivity contribution in [2.24, 2.45) is 5.84 Å². The Hall–Kier alpha value is -1.36. The molecule has 0 amide bonds. The molecule has 1 unspecified atom stereocenters. The van der Waals surface area contributed by atoms with E-state index in [0.717, 1.165) is 16.7 Å². The Morgan fingerprint density at radius 2 is 1.79 bits per heavy atom. The fraction of sp³-hybridized carbons (Fsp3) is 0.200. The average Bonchev–Trinajstić information content (AvgIpc) is 2.39. The zero-order chi connectivity index (χ0) is 13.8. The van der Waals surface area contributed by atoms with Gasteiger partial charge in [-0.1, -0.05) is 18.2 Å². The monoisotopic (exact) mass is 276 g/mol. The molecule has 4 heteroatoms. The summed E-state index contributed by atoms with van der Waals surface area (Å²) in [6.07, 6.45) is 2.03. The van der Waals surface area contributed by atoms with Crippen LogP contribution in [0.2, 0.25) is 0 Å². The SMILES string of the molecule is CSc1ccc(C(NN)c2cc(C)cc(F)c2)cc1. The van der Waals surface area contributed by atoms with Crippen LogP contribution in [-0.2, 0) is 0 Å². The van der Waals surface area contributed by atoms with Gasteiger partial charge in [-0.25, -0.2) is 9.82 Å². The highest BCUT2D eigenvalue weighted by Crippen LogP contribution is 2.25. The van der Waals surface area contributed by atoms with Gasteiger partial charge in [-0.05, 0) is 54.1 Å². The zero-order valence-corrected chi connectivity index (χ0v) is 11.8. The Kier molecular flexibility index (Phi) is 4.58. The highest BCUT2D eigenvalue weighted by molar-refractivity contribution is 7.98. The van der Waals surface area contributed by atoms with Crippen molar-refractivity contribution in [3.05, 3.63) is 65.0 Å². The number of aryl methyl sites for hydroxylation is 1. The summed E-state index contributed by atoms with van der Waals surface area (Å²) in [6.45, 7) is 1.87. The van der Waals surface area contributed by atoms with Crippen molar-refractivity contribution < 1.29 is 4.39 Å². The first-order chi connectivity index (χ1) is 9.13. The lowest BCUT2D eigenvalue weighted by molar-refractivity contribution is 0.604. The number of hydrogen-bond donors (Lipinski definition) is 2. The molecule has 2 rings (SSSR count). The van der Waals surface area contributed by atoms with E-state index in [1.54, 1.807) is 11.8 Å². The maximum atomic E-state index is 13.5. The molecule has 0 saturated carbocycles. The summed E-state index contributed by atoms with van der Waals surface area (Å²) in [7, 11) is 0. The molecule has 0 radical (unpaired) electrons. The minimum atomic E-state index is -0.240. The van der Waals surface area contributed by atoms with Crippen molar-refractivity contribution >= 4 is 11.8 Å². The second-order valence-corrected chi connectivity index (χ2v) is 5.31. The highest BCUT2D eigenvalue weighted by Gasteiger charge is 2.13. The zero-order valence-electron chi connectivity index (χ0n) is 11.0. The van der Waals surface area contributed by atoms with E-state index in [2.05, 4.69) is 5.43 Å². The Bertz CT molecular complexity index is 534.